The smallest absolute Gasteiger partial charge is 0.331 e. The van der Waals surface area contributed by atoms with Gasteiger partial charge in [0.05, 0.1) is 42.3 Å². The Morgan fingerprint density at radius 3 is 2.07 bits per heavy atom. The highest BCUT2D eigenvalue weighted by molar-refractivity contribution is 6.40. The van der Waals surface area contributed by atoms with E-state index in [4.69, 9.17) is 60.9 Å². The third-order valence-electron chi connectivity index (χ3n) is 6.20. The first-order chi connectivity index (χ1) is 19.8. The molecule has 0 radical (unpaired) electrons. The number of amides is 1. The molecule has 0 fully saturated rings. The zero-order valence-corrected chi connectivity index (χ0v) is 25.9. The van der Waals surface area contributed by atoms with Gasteiger partial charge in [-0.15, -0.1) is 0 Å². The van der Waals surface area contributed by atoms with E-state index in [1.165, 1.54) is 12.1 Å². The van der Waals surface area contributed by atoms with Gasteiger partial charge >= 0.3 is 11.9 Å². The fourth-order valence-corrected chi connectivity index (χ4v) is 5.18. The molecule has 0 saturated heterocycles. The molecule has 0 aliphatic heterocycles. The van der Waals surface area contributed by atoms with Crippen LogP contribution in [0.25, 0.3) is 22.2 Å². The Kier molecular flexibility index (Phi) is 10.00. The number of carbonyl (C=O) groups is 3. The van der Waals surface area contributed by atoms with E-state index in [2.05, 4.69) is 5.32 Å². The molecule has 0 aliphatic rings. The van der Waals surface area contributed by atoms with E-state index in [1.807, 2.05) is 12.1 Å². The summed E-state index contributed by atoms with van der Waals surface area (Å²) in [6.07, 6.45) is 0.0495. The molecule has 42 heavy (non-hydrogen) atoms. The summed E-state index contributed by atoms with van der Waals surface area (Å²) in [7, 11) is 0. The van der Waals surface area contributed by atoms with Gasteiger partial charge in [0, 0.05) is 17.4 Å². The van der Waals surface area contributed by atoms with Crippen LogP contribution in [0.2, 0.25) is 20.1 Å². The van der Waals surface area contributed by atoms with Gasteiger partial charge in [0.1, 0.15) is 6.04 Å². The van der Waals surface area contributed by atoms with Crippen LogP contribution in [0.3, 0.4) is 0 Å². The molecule has 218 valence electrons. The quantitative estimate of drug-likeness (QED) is 0.154. The second-order valence-corrected chi connectivity index (χ2v) is 12.0. The first-order valence-corrected chi connectivity index (χ1v) is 14.3. The highest BCUT2D eigenvalue weighted by Crippen LogP contribution is 2.34. The van der Waals surface area contributed by atoms with Crippen molar-refractivity contribution in [3.63, 3.8) is 0 Å². The van der Waals surface area contributed by atoms with E-state index in [-0.39, 0.29) is 22.0 Å². The van der Waals surface area contributed by atoms with Crippen LogP contribution in [0.5, 0.6) is 0 Å². The van der Waals surface area contributed by atoms with E-state index in [0.717, 1.165) is 5.39 Å². The summed E-state index contributed by atoms with van der Waals surface area (Å²) in [5, 5.41) is 4.65. The summed E-state index contributed by atoms with van der Waals surface area (Å²) in [5.41, 5.74) is 1.85. The highest BCUT2D eigenvalue weighted by Gasteiger charge is 2.28. The van der Waals surface area contributed by atoms with Gasteiger partial charge in [0.15, 0.2) is 0 Å². The third-order valence-corrected chi connectivity index (χ3v) is 7.46. The standard InChI is InChI=1S/C31H26Cl4N2O5/c1-31(2,3)30(40)42-16-41-29(39)25(37-28(38)27-21(34)8-5-9-22(27)35)15-17-10-12-23-18(14-17)11-13-24(36-23)26-19(32)6-4-7-20(26)33/h4-14,25H,15-16H2,1-3H3,(H,37,38). The van der Waals surface area contributed by atoms with Crippen molar-refractivity contribution >= 4 is 75.2 Å². The average molecular weight is 648 g/mol. The molecule has 1 heterocycles. The van der Waals surface area contributed by atoms with Crippen LogP contribution >= 0.6 is 46.4 Å². The molecule has 4 aromatic rings. The highest BCUT2D eigenvalue weighted by atomic mass is 35.5. The molecule has 1 aromatic heterocycles. The molecule has 0 spiro atoms. The number of nitrogens with one attached hydrogen (secondary N) is 1. The van der Waals surface area contributed by atoms with Gasteiger partial charge in [0.2, 0.25) is 6.79 Å². The lowest BCUT2D eigenvalue weighted by Crippen LogP contribution is -2.44. The second kappa shape index (κ2) is 13.3. The monoisotopic (exact) mass is 646 g/mol. The van der Waals surface area contributed by atoms with E-state index < -0.39 is 36.1 Å². The topological polar surface area (TPSA) is 94.6 Å². The summed E-state index contributed by atoms with van der Waals surface area (Å²) in [6, 6.07) is 17.8. The number of ether oxygens (including phenoxy) is 2. The Balaban J connectivity index is 1.59. The fraction of sp³-hybridized carbons (Fsp3) is 0.226. The zero-order chi connectivity index (χ0) is 30.6. The first-order valence-electron chi connectivity index (χ1n) is 12.8. The minimum absolute atomic E-state index is 0.0197. The number of benzene rings is 3. The Morgan fingerprint density at radius 1 is 0.833 bits per heavy atom. The number of aromatic nitrogens is 1. The van der Waals surface area contributed by atoms with Crippen molar-refractivity contribution in [2.24, 2.45) is 5.41 Å². The molecule has 0 saturated carbocycles. The summed E-state index contributed by atoms with van der Waals surface area (Å²) >= 11 is 25.1. The lowest BCUT2D eigenvalue weighted by atomic mass is 9.98. The molecule has 1 N–H and O–H groups in total. The van der Waals surface area contributed by atoms with Crippen LogP contribution in [-0.2, 0) is 25.5 Å². The van der Waals surface area contributed by atoms with E-state index in [1.54, 1.807) is 63.2 Å². The Bertz CT molecular complexity index is 1630. The molecule has 11 heteroatoms. The van der Waals surface area contributed by atoms with Gasteiger partial charge in [-0.3, -0.25) is 9.59 Å². The van der Waals surface area contributed by atoms with Crippen LogP contribution in [0, 0.1) is 5.41 Å². The van der Waals surface area contributed by atoms with Crippen LogP contribution in [0.4, 0.5) is 0 Å². The minimum Gasteiger partial charge on any atom is -0.427 e. The van der Waals surface area contributed by atoms with Gasteiger partial charge in [-0.05, 0) is 68.8 Å². The van der Waals surface area contributed by atoms with Crippen LogP contribution in [0.15, 0.2) is 66.7 Å². The van der Waals surface area contributed by atoms with Gasteiger partial charge in [0.25, 0.3) is 5.91 Å². The lowest BCUT2D eigenvalue weighted by molar-refractivity contribution is -0.174. The summed E-state index contributed by atoms with van der Waals surface area (Å²) in [4.78, 5) is 43.0. The number of carbonyl (C=O) groups excluding carboxylic acids is 3. The Morgan fingerprint density at radius 2 is 1.45 bits per heavy atom. The fourth-order valence-electron chi connectivity index (χ4n) is 4.02. The predicted molar refractivity (Wildman–Crippen MR) is 165 cm³/mol. The van der Waals surface area contributed by atoms with Crippen molar-refractivity contribution in [3.05, 3.63) is 97.9 Å². The molecule has 1 unspecified atom stereocenters. The molecular formula is C31H26Cl4N2O5. The van der Waals surface area contributed by atoms with Gasteiger partial charge < -0.3 is 14.8 Å². The molecule has 0 aliphatic carbocycles. The largest absolute Gasteiger partial charge is 0.427 e. The number of pyridine rings is 1. The average Bonchev–Trinajstić information content (AvgIpc) is 2.92. The van der Waals surface area contributed by atoms with E-state index in [0.29, 0.717) is 32.4 Å². The van der Waals surface area contributed by atoms with Gasteiger partial charge in [-0.2, -0.15) is 0 Å². The zero-order valence-electron chi connectivity index (χ0n) is 22.8. The van der Waals surface area contributed by atoms with E-state index in [9.17, 15) is 14.4 Å². The lowest BCUT2D eigenvalue weighted by Gasteiger charge is -2.20. The summed E-state index contributed by atoms with van der Waals surface area (Å²) in [5.74, 6) is -2.02. The summed E-state index contributed by atoms with van der Waals surface area (Å²) < 4.78 is 10.3. The number of esters is 2. The normalized spacial score (nSPS) is 12.1. The van der Waals surface area contributed by atoms with E-state index >= 15 is 0 Å². The van der Waals surface area contributed by atoms with Crippen molar-refractivity contribution in [3.8, 4) is 11.3 Å². The number of halogens is 4. The molecule has 1 atom stereocenters. The second-order valence-electron chi connectivity index (χ2n) is 10.4. The van der Waals surface area contributed by atoms with Crippen molar-refractivity contribution in [1.82, 2.24) is 10.3 Å². The van der Waals surface area contributed by atoms with Crippen molar-refractivity contribution in [1.29, 1.82) is 0 Å². The third kappa shape index (κ3) is 7.53. The Hall–Kier alpha value is -3.36. The maximum atomic E-state index is 13.1. The van der Waals surface area contributed by atoms with Crippen molar-refractivity contribution < 1.29 is 23.9 Å². The molecule has 4 rings (SSSR count). The molecule has 3 aromatic carbocycles. The van der Waals surface area contributed by atoms with Gasteiger partial charge in [-0.1, -0.05) is 70.7 Å². The summed E-state index contributed by atoms with van der Waals surface area (Å²) in [6.45, 7) is 4.42. The Labute approximate surface area is 263 Å². The first kappa shape index (κ1) is 31.6. The minimum atomic E-state index is -1.16. The number of rotatable bonds is 8. The van der Waals surface area contributed by atoms with Crippen molar-refractivity contribution in [2.75, 3.05) is 6.79 Å². The molecular weight excluding hydrogens is 622 g/mol. The number of hydrogen-bond acceptors (Lipinski definition) is 6. The van der Waals surface area contributed by atoms with Gasteiger partial charge in [-0.25, -0.2) is 9.78 Å². The number of nitrogens with zero attached hydrogens (tertiary/aromatic N) is 1. The molecule has 0 bridgehead atoms. The van der Waals surface area contributed by atoms with Crippen molar-refractivity contribution in [2.45, 2.75) is 33.2 Å². The van der Waals surface area contributed by atoms with Crippen LogP contribution in [0.1, 0.15) is 36.7 Å². The maximum Gasteiger partial charge on any atom is 0.331 e. The maximum absolute atomic E-state index is 13.1. The number of hydrogen-bond donors (Lipinski definition) is 1. The molecule has 7 nitrogen and oxygen atoms in total. The molecule has 1 amide bonds. The predicted octanol–water partition coefficient (Wildman–Crippen LogP) is 7.95. The van der Waals surface area contributed by atoms with Crippen LogP contribution < -0.4 is 5.32 Å². The van der Waals surface area contributed by atoms with Crippen LogP contribution in [-0.4, -0.2) is 35.7 Å². The SMILES string of the molecule is CC(C)(C)C(=O)OCOC(=O)C(Cc1ccc2nc(-c3c(Cl)cccc3Cl)ccc2c1)NC(=O)c1c(Cl)cccc1Cl. The number of fused-ring (bicyclic) bond motifs is 1.